The van der Waals surface area contributed by atoms with Crippen LogP contribution < -0.4 is 15.0 Å². The van der Waals surface area contributed by atoms with Crippen molar-refractivity contribution in [2.45, 2.75) is 120 Å². The van der Waals surface area contributed by atoms with Crippen LogP contribution in [0.2, 0.25) is 5.02 Å². The molecule has 5 rings (SSSR count). The van der Waals surface area contributed by atoms with Gasteiger partial charge in [-0.3, -0.25) is 19.8 Å². The number of alkyl carbamates (subject to hydrolysis) is 1. The van der Waals surface area contributed by atoms with E-state index in [0.717, 1.165) is 10.5 Å². The third-order valence-corrected chi connectivity index (χ3v) is 10.8. The van der Waals surface area contributed by atoms with E-state index in [-0.39, 0.29) is 35.7 Å². The predicted molar refractivity (Wildman–Crippen MR) is 187 cm³/mol. The van der Waals surface area contributed by atoms with Crippen LogP contribution in [-0.4, -0.2) is 131 Å². The minimum absolute atomic E-state index is 0.00240. The molecule has 4 heterocycles. The molecule has 6 N–H and O–H groups in total. The summed E-state index contributed by atoms with van der Waals surface area (Å²) in [5.74, 6) is -1.89. The van der Waals surface area contributed by atoms with Crippen molar-refractivity contribution in [1.29, 1.82) is 0 Å². The summed E-state index contributed by atoms with van der Waals surface area (Å²) < 4.78 is 34.7. The van der Waals surface area contributed by atoms with E-state index in [2.05, 4.69) is 5.32 Å². The number of epoxide rings is 1. The highest BCUT2D eigenvalue weighted by Gasteiger charge is 2.64. The molecule has 0 saturated carbocycles. The summed E-state index contributed by atoms with van der Waals surface area (Å²) in [4.78, 5) is 41.4. The van der Waals surface area contributed by atoms with Crippen molar-refractivity contribution >= 4 is 35.3 Å². The molecule has 294 valence electrons. The molecular weight excluding hydrogens is 720 g/mol. The number of methoxy groups -OCH3 is 2. The van der Waals surface area contributed by atoms with Gasteiger partial charge in [0.1, 0.15) is 59.1 Å². The minimum Gasteiger partial charge on any atom is -0.495 e. The number of rotatable bonds is 6. The van der Waals surface area contributed by atoms with E-state index in [1.54, 1.807) is 51.1 Å². The summed E-state index contributed by atoms with van der Waals surface area (Å²) in [6.07, 6.45) is -8.72. The largest absolute Gasteiger partial charge is 0.495 e. The summed E-state index contributed by atoms with van der Waals surface area (Å²) >= 11 is 6.87. The topological polar surface area (TPSA) is 226 Å². The quantitative estimate of drug-likeness (QED) is 0.177. The molecule has 4 aliphatic rings. The second kappa shape index (κ2) is 16.2. The summed E-state index contributed by atoms with van der Waals surface area (Å²) in [7, 11) is 2.77. The highest BCUT2D eigenvalue weighted by molar-refractivity contribution is 6.35. The van der Waals surface area contributed by atoms with Crippen molar-refractivity contribution in [2.24, 2.45) is 5.92 Å². The first kappa shape index (κ1) is 40.9. The van der Waals surface area contributed by atoms with Gasteiger partial charge >= 0.3 is 12.1 Å². The lowest BCUT2D eigenvalue weighted by molar-refractivity contribution is -0.228. The standard InChI is InChI=1S/C36H49ClN2O14/c1-7-27(42)52-25-14-26(41)39(33-31(45)30(44)29(43)23(16-40)50-33)20-12-19(13-21(48-5)28(20)37)11-17(2)9-8-10-24(49-6)36(47)15-22(51-34(46)38-36)18(3)32-35(25,4)53-32/h8-10,12-13,18,22-25,29-33,40,43-45,47H,7,11,14-16H2,1-6H3,(H,38,46)/b10-8+,17-9+/t18-,22+,23-,24-,25+,29-,30+,31-,32+,33-,35+,36+/m1/s1. The predicted octanol–water partition coefficient (Wildman–Crippen LogP) is 1.25. The van der Waals surface area contributed by atoms with E-state index in [4.69, 9.17) is 40.0 Å². The van der Waals surface area contributed by atoms with Crippen LogP contribution in [0.3, 0.4) is 0 Å². The molecule has 16 nitrogen and oxygen atoms in total. The molecule has 17 heteroatoms. The lowest BCUT2D eigenvalue weighted by Crippen LogP contribution is -2.64. The second-order valence-electron chi connectivity index (χ2n) is 14.2. The Kier molecular flexibility index (Phi) is 12.5. The molecule has 1 aromatic carbocycles. The number of allylic oxidation sites excluding steroid dienone is 3. The molecule has 12 atom stereocenters. The fourth-order valence-corrected chi connectivity index (χ4v) is 7.59. The van der Waals surface area contributed by atoms with Crippen molar-refractivity contribution in [2.75, 3.05) is 25.7 Å². The molecule has 0 aliphatic carbocycles. The second-order valence-corrected chi connectivity index (χ2v) is 14.5. The Morgan fingerprint density at radius 3 is 2.51 bits per heavy atom. The van der Waals surface area contributed by atoms with Gasteiger partial charge in [0.05, 0.1) is 31.9 Å². The van der Waals surface area contributed by atoms with Crippen molar-refractivity contribution < 1.29 is 68.3 Å². The van der Waals surface area contributed by atoms with Crippen LogP contribution in [0.1, 0.15) is 52.5 Å². The third kappa shape index (κ3) is 8.21. The van der Waals surface area contributed by atoms with Gasteiger partial charge in [-0.2, -0.15) is 0 Å². The Morgan fingerprint density at radius 2 is 1.87 bits per heavy atom. The average molecular weight is 769 g/mol. The van der Waals surface area contributed by atoms with Crippen molar-refractivity contribution in [3.8, 4) is 5.75 Å². The van der Waals surface area contributed by atoms with Crippen LogP contribution in [0.5, 0.6) is 5.75 Å². The number of benzene rings is 1. The van der Waals surface area contributed by atoms with E-state index < -0.39 is 103 Å². The molecule has 0 radical (unpaired) electrons. The van der Waals surface area contributed by atoms with Gasteiger partial charge in [-0.1, -0.05) is 49.2 Å². The SMILES string of the molecule is CCC(=O)O[C@H]1CC(=O)N([C@@H]2O[C@H](CO)[C@@H](O)[C@H](O)[C@H]2O)c2cc(cc(OC)c2Cl)C/C(C)=C/C=C/[C@@H](OC)[C@@]2(O)C[C@H](OC(=O)N2)[C@@H](C)[C@@H]2O[C@@]12C. The smallest absolute Gasteiger partial charge is 0.409 e. The lowest BCUT2D eigenvalue weighted by Gasteiger charge is -2.45. The number of esters is 1. The molecular formula is C36H49ClN2O14. The number of aliphatic hydroxyl groups is 5. The van der Waals surface area contributed by atoms with E-state index in [0.29, 0.717) is 5.56 Å². The average Bonchev–Trinajstić information content (AvgIpc) is 3.81. The maximum absolute atomic E-state index is 14.7. The highest BCUT2D eigenvalue weighted by atomic mass is 35.5. The van der Waals surface area contributed by atoms with Gasteiger partial charge in [0.25, 0.3) is 0 Å². The number of nitrogens with one attached hydrogen (secondary N) is 1. The molecule has 0 spiro atoms. The van der Waals surface area contributed by atoms with Gasteiger partial charge in [-0.15, -0.1) is 0 Å². The van der Waals surface area contributed by atoms with Gasteiger partial charge in [-0.05, 0) is 38.0 Å². The van der Waals surface area contributed by atoms with Crippen LogP contribution in [0.15, 0.2) is 35.9 Å². The summed E-state index contributed by atoms with van der Waals surface area (Å²) in [5, 5.41) is 56.7. The Balaban J connectivity index is 1.68. The van der Waals surface area contributed by atoms with Crippen molar-refractivity contribution in [3.63, 3.8) is 0 Å². The lowest BCUT2D eigenvalue weighted by atomic mass is 9.83. The van der Waals surface area contributed by atoms with E-state index in [9.17, 15) is 39.9 Å². The Bertz CT molecular complexity index is 1610. The van der Waals surface area contributed by atoms with Crippen molar-refractivity contribution in [3.05, 3.63) is 46.5 Å². The van der Waals surface area contributed by atoms with Gasteiger partial charge in [0.15, 0.2) is 12.0 Å². The molecule has 0 unspecified atom stereocenters. The van der Waals surface area contributed by atoms with Crippen molar-refractivity contribution in [1.82, 2.24) is 5.32 Å². The number of nitrogens with zero attached hydrogens (tertiary/aromatic N) is 1. The minimum atomic E-state index is -1.89. The van der Waals surface area contributed by atoms with Crippen LogP contribution in [-0.2, 0) is 39.7 Å². The number of aliphatic hydroxyl groups excluding tert-OH is 4. The van der Waals surface area contributed by atoms with Crippen LogP contribution in [0.25, 0.3) is 0 Å². The summed E-state index contributed by atoms with van der Waals surface area (Å²) in [5.41, 5.74) is -1.81. The number of fused-ring (bicyclic) bond motifs is 5. The molecule has 2 amide bonds. The van der Waals surface area contributed by atoms with Crippen LogP contribution in [0, 0.1) is 5.92 Å². The number of carbonyl (C=O) groups excluding carboxylic acids is 3. The van der Waals surface area contributed by atoms with Crippen LogP contribution >= 0.6 is 11.6 Å². The van der Waals surface area contributed by atoms with Gasteiger partial charge in [0.2, 0.25) is 5.91 Å². The van der Waals surface area contributed by atoms with Gasteiger partial charge in [-0.25, -0.2) is 4.79 Å². The number of amides is 2. The monoisotopic (exact) mass is 768 g/mol. The number of hydrogen-bond acceptors (Lipinski definition) is 14. The number of hydrogen-bond donors (Lipinski definition) is 6. The van der Waals surface area contributed by atoms with Gasteiger partial charge in [0, 0.05) is 25.9 Å². The number of ether oxygens (including phenoxy) is 6. The van der Waals surface area contributed by atoms with Crippen LogP contribution in [0.4, 0.5) is 10.5 Å². The van der Waals surface area contributed by atoms with Gasteiger partial charge < -0.3 is 54.0 Å². The van der Waals surface area contributed by atoms with E-state index in [1.807, 2.05) is 6.92 Å². The Hall–Kier alpha value is -3.32. The first-order valence-corrected chi connectivity index (χ1v) is 17.8. The van der Waals surface area contributed by atoms with E-state index >= 15 is 0 Å². The zero-order valence-corrected chi connectivity index (χ0v) is 31.2. The summed E-state index contributed by atoms with van der Waals surface area (Å²) in [6.45, 7) is 6.02. The fraction of sp³-hybridized carbons (Fsp3) is 0.639. The Labute approximate surface area is 312 Å². The molecule has 53 heavy (non-hydrogen) atoms. The van der Waals surface area contributed by atoms with E-state index in [1.165, 1.54) is 14.2 Å². The zero-order chi connectivity index (χ0) is 39.0. The molecule has 4 aliphatic heterocycles. The Morgan fingerprint density at radius 1 is 1.15 bits per heavy atom. The highest BCUT2D eigenvalue weighted by Crippen LogP contribution is 2.49. The zero-order valence-electron chi connectivity index (χ0n) is 30.4. The maximum Gasteiger partial charge on any atom is 0.409 e. The molecule has 1 aromatic rings. The maximum atomic E-state index is 14.7. The summed E-state index contributed by atoms with van der Waals surface area (Å²) in [6, 6.07) is 3.23. The number of carbonyl (C=O) groups is 3. The normalized spacial score (nSPS) is 39.5. The fourth-order valence-electron chi connectivity index (χ4n) is 7.31. The third-order valence-electron chi connectivity index (χ3n) is 10.4. The molecule has 0 aromatic heterocycles. The number of halogens is 1. The molecule has 3 fully saturated rings. The molecule has 3 saturated heterocycles. The number of anilines is 1. The first-order chi connectivity index (χ1) is 25.0. The molecule has 4 bridgehead atoms. The first-order valence-electron chi connectivity index (χ1n) is 17.5.